The first-order valence-electron chi connectivity index (χ1n) is 10.7. The average Bonchev–Trinajstić information content (AvgIpc) is 3.45. The van der Waals surface area contributed by atoms with Crippen LogP contribution in [0.25, 0.3) is 22.3 Å². The van der Waals surface area contributed by atoms with E-state index in [-0.39, 0.29) is 0 Å². The Morgan fingerprint density at radius 2 is 0.900 bits per heavy atom. The quantitative estimate of drug-likeness (QED) is 0.425. The van der Waals surface area contributed by atoms with Crippen molar-refractivity contribution in [3.63, 3.8) is 0 Å². The van der Waals surface area contributed by atoms with E-state index in [0.29, 0.717) is 0 Å². The predicted molar refractivity (Wildman–Crippen MR) is 130 cm³/mol. The third-order valence-electron chi connectivity index (χ3n) is 6.32. The molecule has 0 aliphatic heterocycles. The van der Waals surface area contributed by atoms with Crippen LogP contribution in [0.4, 0.5) is 0 Å². The van der Waals surface area contributed by atoms with Gasteiger partial charge < -0.3 is 0 Å². The summed E-state index contributed by atoms with van der Waals surface area (Å²) in [4.78, 5) is 0. The minimum atomic E-state index is 1.00. The number of aryl methyl sites for hydroxylation is 2. The van der Waals surface area contributed by atoms with Crippen molar-refractivity contribution in [1.82, 2.24) is 0 Å². The number of allylic oxidation sites excluding steroid dienone is 8. The van der Waals surface area contributed by atoms with E-state index >= 15 is 0 Å². The molecule has 0 heteroatoms. The summed E-state index contributed by atoms with van der Waals surface area (Å²) in [6, 6.07) is 26.4. The van der Waals surface area contributed by atoms with Gasteiger partial charge >= 0.3 is 0 Å². The van der Waals surface area contributed by atoms with Gasteiger partial charge in [-0.2, -0.15) is 0 Å². The zero-order chi connectivity index (χ0) is 20.5. The van der Waals surface area contributed by atoms with Crippen LogP contribution in [0.3, 0.4) is 0 Å². The van der Waals surface area contributed by atoms with Crippen molar-refractivity contribution in [2.45, 2.75) is 26.7 Å². The topological polar surface area (TPSA) is 0 Å². The van der Waals surface area contributed by atoms with Gasteiger partial charge in [0.05, 0.1) is 0 Å². The SMILES string of the molecule is Cc1ccccc1C1=CC=C(c2cccc(C3=CC=C(c4ccccc4C)C3)c2)C1. The molecule has 30 heavy (non-hydrogen) atoms. The number of hydrogen-bond donors (Lipinski definition) is 0. The van der Waals surface area contributed by atoms with Crippen LogP contribution < -0.4 is 0 Å². The summed E-state index contributed by atoms with van der Waals surface area (Å²) in [5, 5.41) is 0. The molecule has 3 aromatic carbocycles. The van der Waals surface area contributed by atoms with Crippen molar-refractivity contribution in [3.05, 3.63) is 130 Å². The molecule has 0 amide bonds. The highest BCUT2D eigenvalue weighted by molar-refractivity contribution is 5.90. The molecule has 5 rings (SSSR count). The van der Waals surface area contributed by atoms with E-state index in [9.17, 15) is 0 Å². The van der Waals surface area contributed by atoms with E-state index in [1.807, 2.05) is 0 Å². The normalized spacial score (nSPS) is 15.5. The Hall–Kier alpha value is -3.38. The van der Waals surface area contributed by atoms with Gasteiger partial charge in [0.15, 0.2) is 0 Å². The first kappa shape index (κ1) is 18.6. The molecule has 3 aromatic rings. The molecular formula is C30H26. The summed E-state index contributed by atoms with van der Waals surface area (Å²) in [6.45, 7) is 4.39. The lowest BCUT2D eigenvalue weighted by molar-refractivity contribution is 1.35. The van der Waals surface area contributed by atoms with E-state index in [1.165, 1.54) is 55.7 Å². The van der Waals surface area contributed by atoms with E-state index in [0.717, 1.165) is 12.8 Å². The Labute approximate surface area is 179 Å². The second-order valence-electron chi connectivity index (χ2n) is 8.33. The fourth-order valence-electron chi connectivity index (χ4n) is 4.60. The molecule has 0 heterocycles. The van der Waals surface area contributed by atoms with Crippen molar-refractivity contribution in [3.8, 4) is 0 Å². The molecule has 0 spiro atoms. The number of hydrogen-bond acceptors (Lipinski definition) is 0. The summed E-state index contributed by atoms with van der Waals surface area (Å²) in [5.74, 6) is 0. The fourth-order valence-corrected chi connectivity index (χ4v) is 4.60. The van der Waals surface area contributed by atoms with Crippen LogP contribution in [-0.2, 0) is 0 Å². The Kier molecular flexibility index (Phi) is 4.85. The molecule has 0 bridgehead atoms. The second-order valence-corrected chi connectivity index (χ2v) is 8.33. The summed E-state index contributed by atoms with van der Waals surface area (Å²) >= 11 is 0. The monoisotopic (exact) mass is 386 g/mol. The van der Waals surface area contributed by atoms with Gasteiger partial charge in [-0.15, -0.1) is 0 Å². The van der Waals surface area contributed by atoms with Crippen molar-refractivity contribution in [2.24, 2.45) is 0 Å². The Bertz CT molecular complexity index is 1150. The van der Waals surface area contributed by atoms with Gasteiger partial charge in [0.1, 0.15) is 0 Å². The first-order valence-corrected chi connectivity index (χ1v) is 10.7. The standard InChI is InChI=1S/C30H26/c1-21-8-3-5-12-29(21)27-16-14-25(19-27)23-10-7-11-24(18-23)26-15-17-28(20-26)30-13-6-4-9-22(30)2/h3-18H,19-20H2,1-2H3. The van der Waals surface area contributed by atoms with Crippen LogP contribution in [0, 0.1) is 13.8 Å². The summed E-state index contributed by atoms with van der Waals surface area (Å²) < 4.78 is 0. The van der Waals surface area contributed by atoms with E-state index < -0.39 is 0 Å². The molecule has 0 saturated heterocycles. The lowest BCUT2D eigenvalue weighted by atomic mass is 9.93. The molecular weight excluding hydrogens is 360 g/mol. The zero-order valence-electron chi connectivity index (χ0n) is 17.7. The van der Waals surface area contributed by atoms with E-state index in [2.05, 4.69) is 111 Å². The van der Waals surface area contributed by atoms with Crippen molar-refractivity contribution >= 4 is 22.3 Å². The van der Waals surface area contributed by atoms with Gasteiger partial charge in [-0.3, -0.25) is 0 Å². The smallest absolute Gasteiger partial charge is 0.00138 e. The zero-order valence-corrected chi connectivity index (χ0v) is 17.7. The van der Waals surface area contributed by atoms with Crippen LogP contribution in [0.2, 0.25) is 0 Å². The molecule has 2 aliphatic carbocycles. The number of rotatable bonds is 4. The molecule has 146 valence electrons. The van der Waals surface area contributed by atoms with Crippen LogP contribution in [-0.4, -0.2) is 0 Å². The maximum Gasteiger partial charge on any atom is -0.00138 e. The number of benzene rings is 3. The predicted octanol–water partition coefficient (Wildman–Crippen LogP) is 8.04. The van der Waals surface area contributed by atoms with Crippen molar-refractivity contribution < 1.29 is 0 Å². The van der Waals surface area contributed by atoms with Crippen LogP contribution >= 0.6 is 0 Å². The molecule has 0 aromatic heterocycles. The Morgan fingerprint density at radius 1 is 0.467 bits per heavy atom. The molecule has 2 aliphatic rings. The second kappa shape index (κ2) is 7.80. The van der Waals surface area contributed by atoms with Gasteiger partial charge in [0.25, 0.3) is 0 Å². The largest absolute Gasteiger partial charge is 0.0620 e. The third kappa shape index (κ3) is 3.50. The minimum absolute atomic E-state index is 1.00. The molecule has 0 saturated carbocycles. The minimum Gasteiger partial charge on any atom is -0.0620 e. The maximum atomic E-state index is 2.36. The third-order valence-corrected chi connectivity index (χ3v) is 6.32. The molecule has 0 radical (unpaired) electrons. The van der Waals surface area contributed by atoms with Crippen LogP contribution in [0.5, 0.6) is 0 Å². The molecule has 0 fully saturated rings. The summed E-state index contributed by atoms with van der Waals surface area (Å²) in [6.07, 6.45) is 11.2. The summed E-state index contributed by atoms with van der Waals surface area (Å²) in [5.41, 5.74) is 13.7. The van der Waals surface area contributed by atoms with Gasteiger partial charge in [0.2, 0.25) is 0 Å². The first-order chi connectivity index (χ1) is 14.7. The molecule has 0 atom stereocenters. The highest BCUT2D eigenvalue weighted by atomic mass is 14.2. The lowest BCUT2D eigenvalue weighted by Gasteiger charge is -2.12. The summed E-state index contributed by atoms with van der Waals surface area (Å²) in [7, 11) is 0. The Morgan fingerprint density at radius 3 is 1.37 bits per heavy atom. The van der Waals surface area contributed by atoms with Crippen LogP contribution in [0.1, 0.15) is 46.2 Å². The fraction of sp³-hybridized carbons (Fsp3) is 0.133. The average molecular weight is 387 g/mol. The van der Waals surface area contributed by atoms with Gasteiger partial charge in [-0.25, -0.2) is 0 Å². The van der Waals surface area contributed by atoms with E-state index in [1.54, 1.807) is 0 Å². The van der Waals surface area contributed by atoms with Crippen molar-refractivity contribution in [1.29, 1.82) is 0 Å². The van der Waals surface area contributed by atoms with Gasteiger partial charge in [0, 0.05) is 0 Å². The highest BCUT2D eigenvalue weighted by Crippen LogP contribution is 2.38. The maximum absolute atomic E-state index is 2.36. The van der Waals surface area contributed by atoms with E-state index in [4.69, 9.17) is 0 Å². The molecule has 0 unspecified atom stereocenters. The van der Waals surface area contributed by atoms with Gasteiger partial charge in [-0.05, 0) is 88.4 Å². The lowest BCUT2D eigenvalue weighted by Crippen LogP contribution is -1.91. The van der Waals surface area contributed by atoms with Gasteiger partial charge in [-0.1, -0.05) is 91.0 Å². The van der Waals surface area contributed by atoms with Crippen molar-refractivity contribution in [2.75, 3.05) is 0 Å². The highest BCUT2D eigenvalue weighted by Gasteiger charge is 2.16. The van der Waals surface area contributed by atoms with Crippen LogP contribution in [0.15, 0.2) is 97.1 Å². The molecule has 0 nitrogen and oxygen atoms in total. The Balaban J connectivity index is 1.33. The molecule has 0 N–H and O–H groups in total.